The van der Waals surface area contributed by atoms with Gasteiger partial charge in [-0.25, -0.2) is 17.9 Å². The van der Waals surface area contributed by atoms with Gasteiger partial charge >= 0.3 is 6.09 Å². The third-order valence-electron chi connectivity index (χ3n) is 5.76. The molecule has 1 unspecified atom stereocenters. The molecule has 0 bridgehead atoms. The van der Waals surface area contributed by atoms with Gasteiger partial charge in [-0.3, -0.25) is 4.79 Å². The van der Waals surface area contributed by atoms with Crippen LogP contribution in [-0.4, -0.2) is 94.6 Å². The van der Waals surface area contributed by atoms with Gasteiger partial charge in [-0.2, -0.15) is 0 Å². The maximum Gasteiger partial charge on any atom is 0.409 e. The number of rotatable bonds is 6. The molecular formula is C20H30N4O5S. The van der Waals surface area contributed by atoms with Gasteiger partial charge in [0.25, 0.3) is 0 Å². The fourth-order valence-corrected chi connectivity index (χ4v) is 4.81. The van der Waals surface area contributed by atoms with E-state index in [2.05, 4.69) is 9.62 Å². The number of carbonyl (C=O) groups is 2. The number of carbonyl (C=O) groups excluding carboxylic acids is 2. The van der Waals surface area contributed by atoms with Gasteiger partial charge in [-0.1, -0.05) is 12.1 Å². The first-order valence-electron chi connectivity index (χ1n) is 10.2. The Morgan fingerprint density at radius 2 is 1.77 bits per heavy atom. The average molecular weight is 439 g/mol. The van der Waals surface area contributed by atoms with E-state index in [4.69, 9.17) is 4.74 Å². The van der Waals surface area contributed by atoms with E-state index in [1.54, 1.807) is 17.0 Å². The van der Waals surface area contributed by atoms with Crippen LogP contribution in [0.25, 0.3) is 0 Å². The summed E-state index contributed by atoms with van der Waals surface area (Å²) in [4.78, 5) is 31.1. The molecule has 0 radical (unpaired) electrons. The highest BCUT2D eigenvalue weighted by molar-refractivity contribution is 7.89. The summed E-state index contributed by atoms with van der Waals surface area (Å²) in [7, 11) is -0.772. The molecule has 1 N–H and O–H groups in total. The first kappa shape index (κ1) is 22.5. The monoisotopic (exact) mass is 438 g/mol. The van der Waals surface area contributed by atoms with Crippen LogP contribution in [-0.2, 0) is 26.0 Å². The average Bonchev–Trinajstić information content (AvgIpc) is 3.26. The minimum atomic E-state index is -3.50. The zero-order chi connectivity index (χ0) is 21.7. The van der Waals surface area contributed by atoms with Crippen LogP contribution in [0.3, 0.4) is 0 Å². The number of benzene rings is 1. The van der Waals surface area contributed by atoms with E-state index >= 15 is 0 Å². The molecule has 3 rings (SSSR count). The molecule has 2 heterocycles. The minimum absolute atomic E-state index is 0.0204. The number of methoxy groups -OCH3 is 1. The van der Waals surface area contributed by atoms with E-state index in [0.717, 1.165) is 38.0 Å². The van der Waals surface area contributed by atoms with Crippen LogP contribution in [0.15, 0.2) is 29.2 Å². The lowest BCUT2D eigenvalue weighted by Gasteiger charge is -2.42. The summed E-state index contributed by atoms with van der Waals surface area (Å²) in [6.07, 6.45) is 2.14. The van der Waals surface area contributed by atoms with E-state index in [1.165, 1.54) is 26.3 Å². The number of piperazine rings is 1. The van der Waals surface area contributed by atoms with Crippen LogP contribution in [0, 0.1) is 0 Å². The molecule has 30 heavy (non-hydrogen) atoms. The molecule has 2 fully saturated rings. The Hall–Kier alpha value is -2.17. The van der Waals surface area contributed by atoms with Crippen LogP contribution in [0.5, 0.6) is 0 Å². The van der Waals surface area contributed by atoms with Crippen molar-refractivity contribution >= 4 is 22.0 Å². The standard InChI is InChI=1S/C20H30N4O5S/c1-21-30(27,28)18-7-5-16(6-8-18)13-19(25)24-12-11-23(20(26)29-2)15-17(24)14-22-9-3-4-10-22/h5-8,17,21H,3-4,9-15H2,1-2H3. The quantitative estimate of drug-likeness (QED) is 0.695. The largest absolute Gasteiger partial charge is 0.453 e. The zero-order valence-corrected chi connectivity index (χ0v) is 18.4. The summed E-state index contributed by atoms with van der Waals surface area (Å²) in [5.41, 5.74) is 0.755. The third-order valence-corrected chi connectivity index (χ3v) is 7.19. The van der Waals surface area contributed by atoms with E-state index in [-0.39, 0.29) is 29.4 Å². The van der Waals surface area contributed by atoms with Crippen molar-refractivity contribution in [3.05, 3.63) is 29.8 Å². The highest BCUT2D eigenvalue weighted by Gasteiger charge is 2.34. The first-order valence-corrected chi connectivity index (χ1v) is 11.7. The van der Waals surface area contributed by atoms with Gasteiger partial charge in [-0.05, 0) is 50.7 Å². The lowest BCUT2D eigenvalue weighted by Crippen LogP contribution is -2.59. The molecular weight excluding hydrogens is 408 g/mol. The van der Waals surface area contributed by atoms with Gasteiger partial charge in [-0.15, -0.1) is 0 Å². The number of nitrogens with zero attached hydrogens (tertiary/aromatic N) is 3. The summed E-state index contributed by atoms with van der Waals surface area (Å²) in [6, 6.07) is 6.26. The summed E-state index contributed by atoms with van der Waals surface area (Å²) in [6.45, 7) is 4.11. The molecule has 166 valence electrons. The van der Waals surface area contributed by atoms with Gasteiger partial charge in [0.15, 0.2) is 0 Å². The highest BCUT2D eigenvalue weighted by Crippen LogP contribution is 2.18. The van der Waals surface area contributed by atoms with E-state index in [1.807, 2.05) is 4.90 Å². The minimum Gasteiger partial charge on any atom is -0.453 e. The fourth-order valence-electron chi connectivity index (χ4n) is 4.08. The van der Waals surface area contributed by atoms with Crippen LogP contribution in [0.1, 0.15) is 18.4 Å². The molecule has 0 aliphatic carbocycles. The van der Waals surface area contributed by atoms with Crippen LogP contribution >= 0.6 is 0 Å². The Morgan fingerprint density at radius 3 is 2.37 bits per heavy atom. The van der Waals surface area contributed by atoms with Crippen molar-refractivity contribution in [2.45, 2.75) is 30.2 Å². The zero-order valence-electron chi connectivity index (χ0n) is 17.5. The van der Waals surface area contributed by atoms with Crippen molar-refractivity contribution in [3.8, 4) is 0 Å². The molecule has 1 aromatic rings. The maximum atomic E-state index is 13.1. The predicted molar refractivity (Wildman–Crippen MR) is 112 cm³/mol. The Balaban J connectivity index is 1.69. The molecule has 2 aliphatic heterocycles. The van der Waals surface area contributed by atoms with Crippen molar-refractivity contribution in [1.82, 2.24) is 19.4 Å². The van der Waals surface area contributed by atoms with Crippen LogP contribution in [0.4, 0.5) is 4.79 Å². The molecule has 9 nitrogen and oxygen atoms in total. The molecule has 2 amide bonds. The molecule has 0 spiro atoms. The lowest BCUT2D eigenvalue weighted by atomic mass is 10.1. The Bertz CT molecular complexity index is 852. The van der Waals surface area contributed by atoms with Crippen molar-refractivity contribution in [2.24, 2.45) is 0 Å². The first-order chi connectivity index (χ1) is 14.3. The molecule has 10 heteroatoms. The molecule has 0 saturated carbocycles. The number of nitrogens with one attached hydrogen (secondary N) is 1. The molecule has 1 atom stereocenters. The number of hydrogen-bond acceptors (Lipinski definition) is 6. The maximum absolute atomic E-state index is 13.1. The second kappa shape index (κ2) is 9.76. The lowest BCUT2D eigenvalue weighted by molar-refractivity contribution is -0.135. The summed E-state index contributed by atoms with van der Waals surface area (Å²) in [5, 5.41) is 0. The van der Waals surface area contributed by atoms with E-state index in [9.17, 15) is 18.0 Å². The molecule has 1 aromatic carbocycles. The van der Waals surface area contributed by atoms with Gasteiger partial charge in [0, 0.05) is 26.2 Å². The van der Waals surface area contributed by atoms with Crippen LogP contribution in [0.2, 0.25) is 0 Å². The van der Waals surface area contributed by atoms with Gasteiger partial charge < -0.3 is 19.4 Å². The van der Waals surface area contributed by atoms with E-state index in [0.29, 0.717) is 19.6 Å². The highest BCUT2D eigenvalue weighted by atomic mass is 32.2. The number of likely N-dealkylation sites (tertiary alicyclic amines) is 1. The Morgan fingerprint density at radius 1 is 1.10 bits per heavy atom. The number of amides is 2. The Labute approximate surface area is 178 Å². The molecule has 2 saturated heterocycles. The SMILES string of the molecule is CNS(=O)(=O)c1ccc(CC(=O)N2CCN(C(=O)OC)CC2CN2CCCC2)cc1. The predicted octanol–water partition coefficient (Wildman–Crippen LogP) is 0.512. The number of sulfonamides is 1. The molecule has 0 aromatic heterocycles. The van der Waals surface area contributed by atoms with Crippen molar-refractivity contribution in [3.63, 3.8) is 0 Å². The summed E-state index contributed by atoms with van der Waals surface area (Å²) < 4.78 is 30.9. The summed E-state index contributed by atoms with van der Waals surface area (Å²) >= 11 is 0. The van der Waals surface area contributed by atoms with Crippen molar-refractivity contribution < 1.29 is 22.7 Å². The number of ether oxygens (including phenoxy) is 1. The Kier molecular flexibility index (Phi) is 7.32. The van der Waals surface area contributed by atoms with Crippen LogP contribution < -0.4 is 4.72 Å². The van der Waals surface area contributed by atoms with E-state index < -0.39 is 10.0 Å². The van der Waals surface area contributed by atoms with Gasteiger partial charge in [0.2, 0.25) is 15.9 Å². The second-order valence-electron chi connectivity index (χ2n) is 7.69. The summed E-state index contributed by atoms with van der Waals surface area (Å²) in [5.74, 6) is -0.0204. The van der Waals surface area contributed by atoms with Gasteiger partial charge in [0.1, 0.15) is 0 Å². The van der Waals surface area contributed by atoms with Crippen molar-refractivity contribution in [1.29, 1.82) is 0 Å². The van der Waals surface area contributed by atoms with Crippen molar-refractivity contribution in [2.75, 3.05) is 53.4 Å². The smallest absolute Gasteiger partial charge is 0.409 e. The third kappa shape index (κ3) is 5.30. The fraction of sp³-hybridized carbons (Fsp3) is 0.600. The topological polar surface area (TPSA) is 99.3 Å². The number of hydrogen-bond donors (Lipinski definition) is 1. The molecule has 2 aliphatic rings. The normalized spacial score (nSPS) is 20.4. The van der Waals surface area contributed by atoms with Gasteiger partial charge in [0.05, 0.1) is 24.5 Å². The second-order valence-corrected chi connectivity index (χ2v) is 9.58.